The second kappa shape index (κ2) is 37.5. The van der Waals surface area contributed by atoms with E-state index >= 15 is 0 Å². The first-order chi connectivity index (χ1) is 51.6. The van der Waals surface area contributed by atoms with Crippen LogP contribution in [0.4, 0.5) is 0 Å². The van der Waals surface area contributed by atoms with Crippen molar-refractivity contribution in [2.75, 3.05) is 0 Å². The second-order valence-corrected chi connectivity index (χ2v) is 24.0. The van der Waals surface area contributed by atoms with Crippen molar-refractivity contribution in [3.8, 4) is 33.4 Å². The van der Waals surface area contributed by atoms with Crippen molar-refractivity contribution in [3.05, 3.63) is 276 Å². The summed E-state index contributed by atoms with van der Waals surface area (Å²) in [4.78, 5) is 0. The number of hydrogen-bond donors (Lipinski definition) is 0. The van der Waals surface area contributed by atoms with Gasteiger partial charge in [-0.3, -0.25) is 0 Å². The van der Waals surface area contributed by atoms with E-state index in [9.17, 15) is 0 Å². The van der Waals surface area contributed by atoms with Crippen LogP contribution in [-0.2, 0) is 38.9 Å². The molecule has 0 spiro atoms. The molecule has 3 heteroatoms. The van der Waals surface area contributed by atoms with E-state index in [1.807, 2.05) is 125 Å². The summed E-state index contributed by atoms with van der Waals surface area (Å²) in [5, 5.41) is 22.0. The van der Waals surface area contributed by atoms with Gasteiger partial charge in [-0.2, -0.15) is 0 Å². The molecule has 20 rings (SSSR count). The molecule has 542 valence electrons. The van der Waals surface area contributed by atoms with Gasteiger partial charge >= 0.3 is 0 Å². The summed E-state index contributed by atoms with van der Waals surface area (Å²) in [6, 6.07) is 89.6. The van der Waals surface area contributed by atoms with Crippen LogP contribution in [0.15, 0.2) is 243 Å². The van der Waals surface area contributed by atoms with E-state index in [1.165, 1.54) is 186 Å². The minimum absolute atomic E-state index is 0. The molecule has 3 nitrogen and oxygen atoms in total. The SMILES string of the molecule is C.CC.CC.CC.CC.CC.CC.CC.CC.CC.CCn1c2ccc3ccccc3c2c2c3ccccc3c3c(c21)Cc1ccccc1-3.CCn1c2ccccc2c2c3ccccc3c3c(c21)Cc1c-3ccc2ccccc12.CCn1c2ccccc2c2ccc3c(c21)Cc1c-3ccc2ccccc12. The largest absolute Gasteiger partial charge is 0.341 e. The lowest BCUT2D eigenvalue weighted by Gasteiger charge is -2.12. The van der Waals surface area contributed by atoms with Gasteiger partial charge in [0, 0.05) is 87.8 Å². The van der Waals surface area contributed by atoms with Crippen molar-refractivity contribution in [2.24, 2.45) is 0 Å². The summed E-state index contributed by atoms with van der Waals surface area (Å²) in [7, 11) is 0. The number of benzene rings is 14. The Kier molecular flexibility index (Phi) is 28.7. The zero-order valence-corrected chi connectivity index (χ0v) is 66.7. The molecule has 0 saturated heterocycles. The maximum Gasteiger partial charge on any atom is 0.0540 e. The topological polar surface area (TPSA) is 14.8 Å². The molecule has 3 aliphatic carbocycles. The van der Waals surface area contributed by atoms with Gasteiger partial charge in [0.1, 0.15) is 0 Å². The third-order valence-corrected chi connectivity index (χ3v) is 20.0. The van der Waals surface area contributed by atoms with E-state index in [1.54, 1.807) is 0 Å². The predicted octanol–water partition coefficient (Wildman–Crippen LogP) is 31.8. The van der Waals surface area contributed by atoms with Crippen molar-refractivity contribution < 1.29 is 0 Å². The van der Waals surface area contributed by atoms with Crippen molar-refractivity contribution in [2.45, 2.75) is 192 Å². The Labute approximate surface area is 630 Å². The normalized spacial score (nSPS) is 11.0. The lowest BCUT2D eigenvalue weighted by atomic mass is 9.93. The van der Waals surface area contributed by atoms with Crippen molar-refractivity contribution in [1.29, 1.82) is 0 Å². The molecular formula is C102H119N3. The van der Waals surface area contributed by atoms with Crippen LogP contribution in [0, 0.1) is 0 Å². The van der Waals surface area contributed by atoms with Gasteiger partial charge < -0.3 is 13.7 Å². The summed E-state index contributed by atoms with van der Waals surface area (Å²) in [6.45, 7) is 45.7. The Bertz CT molecular complexity index is 5760. The maximum atomic E-state index is 2.55. The smallest absolute Gasteiger partial charge is 0.0540 e. The fourth-order valence-corrected chi connectivity index (χ4v) is 16.6. The van der Waals surface area contributed by atoms with Crippen LogP contribution in [0.3, 0.4) is 0 Å². The fourth-order valence-electron chi connectivity index (χ4n) is 16.6. The highest BCUT2D eigenvalue weighted by molar-refractivity contribution is 6.31. The van der Waals surface area contributed by atoms with E-state index in [4.69, 9.17) is 0 Å². The highest BCUT2D eigenvalue weighted by atomic mass is 15.0. The lowest BCUT2D eigenvalue weighted by molar-refractivity contribution is 0.824. The molecular weight excluding hydrogens is 1270 g/mol. The van der Waals surface area contributed by atoms with Gasteiger partial charge in [0.25, 0.3) is 0 Å². The van der Waals surface area contributed by atoms with Gasteiger partial charge in [-0.25, -0.2) is 0 Å². The minimum Gasteiger partial charge on any atom is -0.341 e. The minimum atomic E-state index is 0. The highest BCUT2D eigenvalue weighted by Gasteiger charge is 2.31. The Morgan fingerprint density at radius 2 is 0.571 bits per heavy atom. The summed E-state index contributed by atoms with van der Waals surface area (Å²) in [5.41, 5.74) is 25.7. The molecule has 0 bridgehead atoms. The summed E-state index contributed by atoms with van der Waals surface area (Å²) >= 11 is 0. The van der Waals surface area contributed by atoms with Gasteiger partial charge in [-0.1, -0.05) is 357 Å². The lowest BCUT2D eigenvalue weighted by Crippen LogP contribution is -1.97. The number of para-hydroxylation sites is 2. The number of nitrogens with zero attached hydrogens (tertiary/aromatic N) is 3. The first-order valence-corrected chi connectivity index (χ1v) is 40.0. The van der Waals surface area contributed by atoms with Crippen LogP contribution < -0.4 is 0 Å². The van der Waals surface area contributed by atoms with Gasteiger partial charge in [-0.05, 0) is 160 Å². The second-order valence-electron chi connectivity index (χ2n) is 24.0. The predicted molar refractivity (Wildman–Crippen MR) is 476 cm³/mol. The zero-order valence-electron chi connectivity index (χ0n) is 66.7. The van der Waals surface area contributed by atoms with Crippen LogP contribution in [0.1, 0.15) is 186 Å². The molecule has 0 amide bonds. The summed E-state index contributed by atoms with van der Waals surface area (Å²) in [6.07, 6.45) is 3.05. The van der Waals surface area contributed by atoms with E-state index in [0.29, 0.717) is 0 Å². The van der Waals surface area contributed by atoms with E-state index < -0.39 is 0 Å². The van der Waals surface area contributed by atoms with E-state index in [-0.39, 0.29) is 7.43 Å². The quantitative estimate of drug-likeness (QED) is 0.167. The number of rotatable bonds is 3. The molecule has 3 aromatic heterocycles. The summed E-state index contributed by atoms with van der Waals surface area (Å²) < 4.78 is 7.58. The first kappa shape index (κ1) is 80.5. The van der Waals surface area contributed by atoms with E-state index in [0.717, 1.165) is 38.9 Å². The van der Waals surface area contributed by atoms with Crippen LogP contribution in [0.5, 0.6) is 0 Å². The molecule has 0 fully saturated rings. The van der Waals surface area contributed by atoms with Crippen molar-refractivity contribution >= 4 is 119 Å². The molecule has 0 N–H and O–H groups in total. The van der Waals surface area contributed by atoms with Crippen LogP contribution in [0.25, 0.3) is 153 Å². The number of aromatic nitrogens is 3. The highest BCUT2D eigenvalue weighted by Crippen LogP contribution is 2.53. The third kappa shape index (κ3) is 13.7. The average Bonchev–Trinajstić information content (AvgIpc) is 1.56. The molecule has 0 atom stereocenters. The molecule has 0 radical (unpaired) electrons. The molecule has 3 heterocycles. The van der Waals surface area contributed by atoms with Crippen LogP contribution in [0.2, 0.25) is 0 Å². The van der Waals surface area contributed by atoms with Crippen molar-refractivity contribution in [3.63, 3.8) is 0 Å². The first-order valence-electron chi connectivity index (χ1n) is 40.0. The zero-order chi connectivity index (χ0) is 74.9. The van der Waals surface area contributed by atoms with Gasteiger partial charge in [0.2, 0.25) is 0 Å². The number of aryl methyl sites for hydroxylation is 3. The molecule has 0 aliphatic heterocycles. The maximum absolute atomic E-state index is 2.55. The number of hydrogen-bond acceptors (Lipinski definition) is 0. The van der Waals surface area contributed by atoms with Crippen LogP contribution >= 0.6 is 0 Å². The Balaban J connectivity index is 0.000000179. The monoisotopic (exact) mass is 1390 g/mol. The molecule has 105 heavy (non-hydrogen) atoms. The standard InChI is InChI=1S/2C29H21N.C25H19N.9C2H6.CH4/c1-2-30-25-16-15-18-9-3-5-11-20(18)27(25)28-23-14-8-7-13-22(23)26-21-12-6-4-10-19(21)17-24(26)29(28)30;1-2-30-26-14-8-7-13-23(26)28-21-12-6-5-11-20(21)27-22-16-15-18-9-3-4-10-19(18)24(22)17-25(27)29(28)30;1-2-26-24-10-6-5-9-20(24)21-14-13-19-18-12-11-16-7-3-4-8-17(16)22(18)15-23(19)25(21)26;9*1-2;/h2*3-16H,2,17H2,1H3;3-14H,2,15H2,1H3;9*1-2H3;1H4. The van der Waals surface area contributed by atoms with Gasteiger partial charge in [0.05, 0.1) is 16.6 Å². The molecule has 14 aromatic carbocycles. The average molecular weight is 1390 g/mol. The Morgan fingerprint density at radius 3 is 1.13 bits per heavy atom. The summed E-state index contributed by atoms with van der Waals surface area (Å²) in [5.74, 6) is 0. The third-order valence-electron chi connectivity index (χ3n) is 20.0. The fraction of sp³-hybridized carbons (Fsp3) is 0.275. The van der Waals surface area contributed by atoms with Crippen LogP contribution in [-0.4, -0.2) is 13.7 Å². The van der Waals surface area contributed by atoms with Gasteiger partial charge in [0.15, 0.2) is 0 Å². The Hall–Kier alpha value is -10.2. The molecule has 0 unspecified atom stereocenters. The Morgan fingerprint density at radius 1 is 0.219 bits per heavy atom. The number of fused-ring (bicyclic) bond motifs is 33. The van der Waals surface area contributed by atoms with E-state index in [2.05, 4.69) is 277 Å². The molecule has 0 saturated carbocycles. The van der Waals surface area contributed by atoms with Crippen molar-refractivity contribution in [1.82, 2.24) is 13.7 Å². The van der Waals surface area contributed by atoms with Gasteiger partial charge in [-0.15, -0.1) is 0 Å². The molecule has 3 aliphatic rings. The molecule has 17 aromatic rings.